The van der Waals surface area contributed by atoms with Crippen LogP contribution in [-0.4, -0.2) is 28.1 Å². The third kappa shape index (κ3) is 2.47. The van der Waals surface area contributed by atoms with Gasteiger partial charge in [-0.2, -0.15) is 0 Å². The average molecular weight is 302 g/mol. The lowest BCUT2D eigenvalue weighted by molar-refractivity contribution is -0.149. The number of benzene rings is 1. The molecule has 5 heteroatoms. The highest BCUT2D eigenvalue weighted by Gasteiger charge is 2.45. The van der Waals surface area contributed by atoms with Crippen LogP contribution in [0.3, 0.4) is 0 Å². The summed E-state index contributed by atoms with van der Waals surface area (Å²) in [6, 6.07) is 5.41. The van der Waals surface area contributed by atoms with Gasteiger partial charge in [0.2, 0.25) is 0 Å². The topological polar surface area (TPSA) is 40.5 Å². The molecular weight excluding hydrogens is 285 g/mol. The molecule has 1 N–H and O–H groups in total. The molecule has 1 aromatic carbocycles. The maximum atomic E-state index is 11.5. The maximum absolute atomic E-state index is 11.5. The molecule has 2 atom stereocenters. The molecule has 0 amide bonds. The van der Waals surface area contributed by atoms with Crippen LogP contribution in [0.1, 0.15) is 38.3 Å². The molecule has 1 saturated heterocycles. The first-order valence-electron chi connectivity index (χ1n) is 6.32. The zero-order chi connectivity index (χ0) is 14.2. The largest absolute Gasteiger partial charge is 0.480 e. The van der Waals surface area contributed by atoms with Crippen molar-refractivity contribution in [2.24, 2.45) is 0 Å². The van der Waals surface area contributed by atoms with Gasteiger partial charge < -0.3 is 5.11 Å². The molecule has 3 nitrogen and oxygen atoms in total. The lowest BCUT2D eigenvalue weighted by Crippen LogP contribution is -2.48. The summed E-state index contributed by atoms with van der Waals surface area (Å²) in [5, 5.41) is 10.5. The molecule has 1 fully saturated rings. The van der Waals surface area contributed by atoms with Gasteiger partial charge in [-0.3, -0.25) is 9.69 Å². The molecule has 1 heterocycles. The predicted octanol–water partition coefficient (Wildman–Crippen LogP) is 3.99. The average Bonchev–Trinajstić information content (AvgIpc) is 2.75. The molecule has 1 aromatic rings. The molecule has 1 aliphatic heterocycles. The Balaban J connectivity index is 2.36. The Kier molecular flexibility index (Phi) is 4.09. The van der Waals surface area contributed by atoms with E-state index in [0.717, 1.165) is 18.5 Å². The van der Waals surface area contributed by atoms with Gasteiger partial charge in [-0.15, -0.1) is 0 Å². The Morgan fingerprint density at radius 2 is 2.16 bits per heavy atom. The van der Waals surface area contributed by atoms with E-state index in [1.165, 1.54) is 0 Å². The highest BCUT2D eigenvalue weighted by atomic mass is 35.5. The highest BCUT2D eigenvalue weighted by molar-refractivity contribution is 6.42. The van der Waals surface area contributed by atoms with Crippen LogP contribution in [0.4, 0.5) is 0 Å². The summed E-state index contributed by atoms with van der Waals surface area (Å²) in [5.41, 5.74) is 0.0500. The number of likely N-dealkylation sites (tertiary alicyclic amines) is 1. The summed E-state index contributed by atoms with van der Waals surface area (Å²) in [7, 11) is 0. The van der Waals surface area contributed by atoms with Crippen molar-refractivity contribution in [3.05, 3.63) is 33.8 Å². The molecule has 0 radical (unpaired) electrons. The summed E-state index contributed by atoms with van der Waals surface area (Å²) in [6.07, 6.45) is 1.54. The minimum atomic E-state index is -0.828. The van der Waals surface area contributed by atoms with Crippen molar-refractivity contribution in [1.82, 2.24) is 4.90 Å². The quantitative estimate of drug-likeness (QED) is 0.917. The van der Waals surface area contributed by atoms with E-state index >= 15 is 0 Å². The smallest absolute Gasteiger partial charge is 0.323 e. The first-order valence-corrected chi connectivity index (χ1v) is 7.07. The van der Waals surface area contributed by atoms with Gasteiger partial charge in [0, 0.05) is 6.04 Å². The predicted molar refractivity (Wildman–Crippen MR) is 76.9 cm³/mol. The van der Waals surface area contributed by atoms with Crippen molar-refractivity contribution in [3.8, 4) is 0 Å². The Morgan fingerprint density at radius 3 is 2.79 bits per heavy atom. The number of hydrogen-bond acceptors (Lipinski definition) is 2. The molecule has 0 aromatic heterocycles. The monoisotopic (exact) mass is 301 g/mol. The van der Waals surface area contributed by atoms with Crippen LogP contribution < -0.4 is 0 Å². The number of halogens is 2. The summed E-state index contributed by atoms with van der Waals surface area (Å²) >= 11 is 12.3. The highest BCUT2D eigenvalue weighted by Crippen LogP contribution is 2.40. The molecular formula is C14H17Cl2NO2. The van der Waals surface area contributed by atoms with Crippen LogP contribution in [-0.2, 0) is 4.79 Å². The molecule has 19 heavy (non-hydrogen) atoms. The van der Waals surface area contributed by atoms with Crippen molar-refractivity contribution in [2.75, 3.05) is 6.54 Å². The van der Waals surface area contributed by atoms with E-state index in [0.29, 0.717) is 16.5 Å². The van der Waals surface area contributed by atoms with Gasteiger partial charge in [0.1, 0.15) is 5.54 Å². The molecule has 2 rings (SSSR count). The molecule has 0 aliphatic carbocycles. The second-order valence-electron chi connectivity index (χ2n) is 5.19. The van der Waals surface area contributed by atoms with Crippen molar-refractivity contribution < 1.29 is 9.90 Å². The minimum absolute atomic E-state index is 0.0743. The first kappa shape index (κ1) is 14.6. The fourth-order valence-corrected chi connectivity index (χ4v) is 3.31. The molecule has 0 bridgehead atoms. The first-order chi connectivity index (χ1) is 8.88. The number of aliphatic carboxylic acids is 1. The number of carbonyl (C=O) groups is 1. The standard InChI is InChI=1S/C14H17Cl2NO2/c1-9(10-5-3-6-11(15)12(10)16)17-8-4-7-14(17,2)13(18)19/h3,5-6,9H,4,7-8H2,1-2H3,(H,18,19). The Morgan fingerprint density at radius 1 is 1.47 bits per heavy atom. The van der Waals surface area contributed by atoms with E-state index in [-0.39, 0.29) is 6.04 Å². The van der Waals surface area contributed by atoms with E-state index in [9.17, 15) is 9.90 Å². The fraction of sp³-hybridized carbons (Fsp3) is 0.500. The van der Waals surface area contributed by atoms with Crippen LogP contribution in [0.2, 0.25) is 10.0 Å². The Bertz CT molecular complexity index is 506. The van der Waals surface area contributed by atoms with Crippen LogP contribution in [0.15, 0.2) is 18.2 Å². The number of hydrogen-bond donors (Lipinski definition) is 1. The lowest BCUT2D eigenvalue weighted by atomic mass is 9.96. The van der Waals surface area contributed by atoms with E-state index < -0.39 is 11.5 Å². The number of carboxylic acids is 1. The van der Waals surface area contributed by atoms with Gasteiger partial charge in [-0.05, 0) is 44.9 Å². The summed E-state index contributed by atoms with van der Waals surface area (Å²) in [6.45, 7) is 4.51. The van der Waals surface area contributed by atoms with Crippen molar-refractivity contribution in [2.45, 2.75) is 38.3 Å². The maximum Gasteiger partial charge on any atom is 0.323 e. The van der Waals surface area contributed by atoms with Crippen molar-refractivity contribution >= 4 is 29.2 Å². The van der Waals surface area contributed by atoms with Crippen LogP contribution >= 0.6 is 23.2 Å². The van der Waals surface area contributed by atoms with Gasteiger partial charge in [0.15, 0.2) is 0 Å². The van der Waals surface area contributed by atoms with E-state index in [2.05, 4.69) is 0 Å². The van der Waals surface area contributed by atoms with Gasteiger partial charge in [-0.1, -0.05) is 35.3 Å². The minimum Gasteiger partial charge on any atom is -0.480 e. The zero-order valence-electron chi connectivity index (χ0n) is 11.0. The molecule has 2 unspecified atom stereocenters. The SMILES string of the molecule is CC(c1cccc(Cl)c1Cl)N1CCCC1(C)C(=O)O. The van der Waals surface area contributed by atoms with E-state index in [4.69, 9.17) is 23.2 Å². The number of carboxylic acid groups (broad SMARTS) is 1. The second-order valence-corrected chi connectivity index (χ2v) is 5.98. The summed E-state index contributed by atoms with van der Waals surface area (Å²) < 4.78 is 0. The van der Waals surface area contributed by atoms with Crippen LogP contribution in [0, 0.1) is 0 Å². The van der Waals surface area contributed by atoms with Crippen LogP contribution in [0.25, 0.3) is 0 Å². The third-order valence-electron chi connectivity index (χ3n) is 4.06. The van der Waals surface area contributed by atoms with E-state index in [1.54, 1.807) is 13.0 Å². The van der Waals surface area contributed by atoms with Gasteiger partial charge in [0.25, 0.3) is 0 Å². The van der Waals surface area contributed by atoms with Crippen molar-refractivity contribution in [3.63, 3.8) is 0 Å². The second kappa shape index (κ2) is 5.31. The van der Waals surface area contributed by atoms with Crippen molar-refractivity contribution in [1.29, 1.82) is 0 Å². The lowest BCUT2D eigenvalue weighted by Gasteiger charge is -2.36. The summed E-state index contributed by atoms with van der Waals surface area (Å²) in [5.74, 6) is -0.782. The normalized spacial score (nSPS) is 25.5. The Labute approximate surface area is 123 Å². The van der Waals surface area contributed by atoms with Gasteiger partial charge >= 0.3 is 5.97 Å². The third-order valence-corrected chi connectivity index (χ3v) is 4.89. The van der Waals surface area contributed by atoms with Crippen LogP contribution in [0.5, 0.6) is 0 Å². The molecule has 104 valence electrons. The number of nitrogens with zero attached hydrogens (tertiary/aromatic N) is 1. The molecule has 0 saturated carbocycles. The van der Waals surface area contributed by atoms with Gasteiger partial charge in [-0.25, -0.2) is 0 Å². The Hall–Kier alpha value is -0.770. The molecule has 0 spiro atoms. The fourth-order valence-electron chi connectivity index (χ4n) is 2.85. The zero-order valence-corrected chi connectivity index (χ0v) is 12.5. The van der Waals surface area contributed by atoms with Gasteiger partial charge in [0.05, 0.1) is 10.0 Å². The molecule has 1 aliphatic rings. The number of rotatable bonds is 3. The summed E-state index contributed by atoms with van der Waals surface area (Å²) in [4.78, 5) is 13.5. The van der Waals surface area contributed by atoms with E-state index in [1.807, 2.05) is 24.0 Å².